The first-order valence-electron chi connectivity index (χ1n) is 5.93. The number of sulfonamides is 1. The Labute approximate surface area is 98.4 Å². The number of nitrogens with one attached hydrogen (secondary N) is 1. The quantitative estimate of drug-likeness (QED) is 0.552. The first-order valence-corrected chi connectivity index (χ1v) is 7.58. The Bertz CT molecular complexity index is 288. The summed E-state index contributed by atoms with van der Waals surface area (Å²) < 4.78 is 25.6. The topological polar surface area (TPSA) is 75.4 Å². The minimum Gasteiger partial charge on any atom is -0.330 e. The largest absolute Gasteiger partial charge is 0.330 e. The maximum atomic E-state index is 11.5. The average molecular weight is 249 g/mol. The Hall–Kier alpha value is -0.170. The Balaban J connectivity index is 2.09. The van der Waals surface area contributed by atoms with Crippen molar-refractivity contribution in [1.82, 2.24) is 9.62 Å². The summed E-state index contributed by atoms with van der Waals surface area (Å²) in [6, 6.07) is 0.682. The van der Waals surface area contributed by atoms with E-state index < -0.39 is 10.0 Å². The van der Waals surface area contributed by atoms with E-state index in [1.165, 1.54) is 12.8 Å². The average Bonchev–Trinajstić information content (AvgIpc) is 3.00. The molecule has 0 saturated heterocycles. The van der Waals surface area contributed by atoms with Crippen LogP contribution in [0.4, 0.5) is 0 Å². The fourth-order valence-electron chi connectivity index (χ4n) is 1.58. The molecule has 1 aliphatic rings. The monoisotopic (exact) mass is 249 g/mol. The number of rotatable bonds is 9. The third-order valence-electron chi connectivity index (χ3n) is 2.82. The van der Waals surface area contributed by atoms with Gasteiger partial charge in [-0.25, -0.2) is 13.1 Å². The van der Waals surface area contributed by atoms with Gasteiger partial charge in [-0.1, -0.05) is 0 Å². The summed E-state index contributed by atoms with van der Waals surface area (Å²) in [4.78, 5) is 2.21. The summed E-state index contributed by atoms with van der Waals surface area (Å²) in [6.07, 6.45) is 3.91. The van der Waals surface area contributed by atoms with Gasteiger partial charge in [-0.15, -0.1) is 0 Å². The molecule has 1 rings (SSSR count). The van der Waals surface area contributed by atoms with Gasteiger partial charge in [0.25, 0.3) is 0 Å². The fraction of sp³-hybridized carbons (Fsp3) is 1.00. The van der Waals surface area contributed by atoms with Gasteiger partial charge in [-0.2, -0.15) is 0 Å². The van der Waals surface area contributed by atoms with Crippen LogP contribution >= 0.6 is 0 Å². The van der Waals surface area contributed by atoms with Crippen LogP contribution in [-0.4, -0.2) is 51.8 Å². The molecule has 0 amide bonds. The molecule has 16 heavy (non-hydrogen) atoms. The van der Waals surface area contributed by atoms with Crippen LogP contribution in [0.25, 0.3) is 0 Å². The van der Waals surface area contributed by atoms with Crippen molar-refractivity contribution in [3.05, 3.63) is 0 Å². The van der Waals surface area contributed by atoms with Crippen molar-refractivity contribution in [2.45, 2.75) is 31.7 Å². The van der Waals surface area contributed by atoms with Gasteiger partial charge < -0.3 is 10.6 Å². The molecule has 0 aromatic rings. The van der Waals surface area contributed by atoms with Crippen LogP contribution in [0.3, 0.4) is 0 Å². The van der Waals surface area contributed by atoms with E-state index in [2.05, 4.69) is 9.62 Å². The number of hydrogen-bond acceptors (Lipinski definition) is 4. The first kappa shape index (κ1) is 13.9. The van der Waals surface area contributed by atoms with Crippen LogP contribution in [0, 0.1) is 0 Å². The summed E-state index contributed by atoms with van der Waals surface area (Å²) >= 11 is 0. The highest BCUT2D eigenvalue weighted by Crippen LogP contribution is 2.24. The SMILES string of the molecule is CN(CCNS(=O)(=O)CCCCN)C1CC1. The molecule has 0 radical (unpaired) electrons. The Morgan fingerprint density at radius 2 is 2.06 bits per heavy atom. The van der Waals surface area contributed by atoms with E-state index in [9.17, 15) is 8.42 Å². The molecule has 1 saturated carbocycles. The van der Waals surface area contributed by atoms with E-state index in [0.29, 0.717) is 25.6 Å². The van der Waals surface area contributed by atoms with Crippen molar-refractivity contribution in [2.24, 2.45) is 5.73 Å². The van der Waals surface area contributed by atoms with Gasteiger partial charge in [0, 0.05) is 19.1 Å². The molecule has 6 heteroatoms. The summed E-state index contributed by atoms with van der Waals surface area (Å²) in [6.45, 7) is 1.86. The minimum absolute atomic E-state index is 0.192. The highest BCUT2D eigenvalue weighted by atomic mass is 32.2. The van der Waals surface area contributed by atoms with Gasteiger partial charge >= 0.3 is 0 Å². The smallest absolute Gasteiger partial charge is 0.211 e. The number of unbranched alkanes of at least 4 members (excludes halogenated alkanes) is 1. The molecule has 0 spiro atoms. The van der Waals surface area contributed by atoms with Gasteiger partial charge in [-0.05, 0) is 39.3 Å². The van der Waals surface area contributed by atoms with Gasteiger partial charge in [0.05, 0.1) is 5.75 Å². The molecule has 1 aliphatic carbocycles. The number of nitrogens with two attached hydrogens (primary N) is 1. The normalized spacial score (nSPS) is 16.9. The number of hydrogen-bond donors (Lipinski definition) is 2. The lowest BCUT2D eigenvalue weighted by Crippen LogP contribution is -2.35. The highest BCUT2D eigenvalue weighted by molar-refractivity contribution is 7.89. The zero-order valence-electron chi connectivity index (χ0n) is 9.98. The van der Waals surface area contributed by atoms with Gasteiger partial charge in [0.1, 0.15) is 0 Å². The fourth-order valence-corrected chi connectivity index (χ4v) is 2.71. The second kappa shape index (κ2) is 6.54. The molecule has 0 aliphatic heterocycles. The molecular formula is C10H23N3O2S. The van der Waals surface area contributed by atoms with Crippen molar-refractivity contribution in [2.75, 3.05) is 32.4 Å². The van der Waals surface area contributed by atoms with Crippen LogP contribution in [-0.2, 0) is 10.0 Å². The molecule has 96 valence electrons. The molecule has 0 aromatic carbocycles. The van der Waals surface area contributed by atoms with Crippen LogP contribution in [0.2, 0.25) is 0 Å². The zero-order chi connectivity index (χ0) is 12.0. The van der Waals surface area contributed by atoms with E-state index >= 15 is 0 Å². The van der Waals surface area contributed by atoms with Crippen LogP contribution in [0.15, 0.2) is 0 Å². The lowest BCUT2D eigenvalue weighted by atomic mass is 10.3. The Morgan fingerprint density at radius 1 is 1.38 bits per heavy atom. The van der Waals surface area contributed by atoms with Gasteiger partial charge in [0.15, 0.2) is 0 Å². The molecule has 0 heterocycles. The second-order valence-corrected chi connectivity index (χ2v) is 6.35. The van der Waals surface area contributed by atoms with Crippen LogP contribution in [0.5, 0.6) is 0 Å². The zero-order valence-corrected chi connectivity index (χ0v) is 10.8. The summed E-state index contributed by atoms with van der Waals surface area (Å²) in [5.41, 5.74) is 5.32. The standard InChI is InChI=1S/C10H23N3O2S/c1-13(10-4-5-10)8-7-12-16(14,15)9-3-2-6-11/h10,12H,2-9,11H2,1H3. The third kappa shape index (κ3) is 5.79. The predicted molar refractivity (Wildman–Crippen MR) is 65.7 cm³/mol. The number of nitrogens with zero attached hydrogens (tertiary/aromatic N) is 1. The van der Waals surface area contributed by atoms with Crippen molar-refractivity contribution in [3.63, 3.8) is 0 Å². The lowest BCUT2D eigenvalue weighted by molar-refractivity contribution is 0.329. The van der Waals surface area contributed by atoms with Crippen molar-refractivity contribution >= 4 is 10.0 Å². The Kier molecular flexibility index (Phi) is 5.68. The summed E-state index contributed by atoms with van der Waals surface area (Å²) in [5.74, 6) is 0.192. The second-order valence-electron chi connectivity index (χ2n) is 4.42. The molecule has 0 bridgehead atoms. The predicted octanol–water partition coefficient (Wildman–Crippen LogP) is -0.261. The molecule has 5 nitrogen and oxygen atoms in total. The maximum absolute atomic E-state index is 11.5. The van der Waals surface area contributed by atoms with Crippen LogP contribution in [0.1, 0.15) is 25.7 Å². The van der Waals surface area contributed by atoms with E-state index in [0.717, 1.165) is 13.0 Å². The maximum Gasteiger partial charge on any atom is 0.211 e. The van der Waals surface area contributed by atoms with Gasteiger partial charge in [0.2, 0.25) is 10.0 Å². The molecule has 0 atom stereocenters. The molecule has 0 aromatic heterocycles. The van der Waals surface area contributed by atoms with Crippen molar-refractivity contribution in [1.29, 1.82) is 0 Å². The van der Waals surface area contributed by atoms with E-state index in [4.69, 9.17) is 5.73 Å². The third-order valence-corrected chi connectivity index (χ3v) is 4.29. The van der Waals surface area contributed by atoms with Crippen LogP contribution < -0.4 is 10.5 Å². The van der Waals surface area contributed by atoms with Crippen molar-refractivity contribution in [3.8, 4) is 0 Å². The van der Waals surface area contributed by atoms with Crippen molar-refractivity contribution < 1.29 is 8.42 Å². The van der Waals surface area contributed by atoms with E-state index in [-0.39, 0.29) is 5.75 Å². The minimum atomic E-state index is -3.09. The first-order chi connectivity index (χ1) is 7.55. The van der Waals surface area contributed by atoms with Gasteiger partial charge in [-0.3, -0.25) is 0 Å². The molecule has 0 unspecified atom stereocenters. The summed E-state index contributed by atoms with van der Waals surface area (Å²) in [5, 5.41) is 0. The van der Waals surface area contributed by atoms with E-state index in [1.54, 1.807) is 0 Å². The van der Waals surface area contributed by atoms with E-state index in [1.807, 2.05) is 7.05 Å². The molecule has 1 fully saturated rings. The molecular weight excluding hydrogens is 226 g/mol. The highest BCUT2D eigenvalue weighted by Gasteiger charge is 2.25. The molecule has 3 N–H and O–H groups in total. The summed E-state index contributed by atoms with van der Waals surface area (Å²) in [7, 11) is -1.04. The Morgan fingerprint density at radius 3 is 2.62 bits per heavy atom. The number of likely N-dealkylation sites (N-methyl/N-ethyl adjacent to an activating group) is 1. The lowest BCUT2D eigenvalue weighted by Gasteiger charge is -2.15.